The van der Waals surface area contributed by atoms with Crippen LogP contribution in [0.15, 0.2) is 22.7 Å². The first-order valence-corrected chi connectivity index (χ1v) is 8.30. The molecule has 1 nitrogen and oxygen atoms in total. The van der Waals surface area contributed by atoms with Crippen LogP contribution < -0.4 is 5.32 Å². The molecule has 2 rings (SSSR count). The summed E-state index contributed by atoms with van der Waals surface area (Å²) in [5.74, 6) is 1.18. The zero-order valence-electron chi connectivity index (χ0n) is 12.7. The molecule has 0 aromatic heterocycles. The van der Waals surface area contributed by atoms with Crippen LogP contribution in [0, 0.1) is 23.1 Å². The van der Waals surface area contributed by atoms with E-state index in [9.17, 15) is 4.39 Å². The number of hydrogen-bond acceptors (Lipinski definition) is 1. The molecule has 0 heterocycles. The predicted molar refractivity (Wildman–Crippen MR) is 86.3 cm³/mol. The molecule has 0 saturated heterocycles. The Hall–Kier alpha value is -0.410. The van der Waals surface area contributed by atoms with E-state index in [0.717, 1.165) is 18.5 Å². The standard InChI is InChI=1S/C17H25BrFN/c1-17(2)8-7-13(11-20-3)14(10-17)9-12-5-4-6-15(19)16(12)18/h4-6,13-14,20H,7-11H2,1-3H3. The summed E-state index contributed by atoms with van der Waals surface area (Å²) in [7, 11) is 2.02. The first-order valence-electron chi connectivity index (χ1n) is 7.50. The van der Waals surface area contributed by atoms with Gasteiger partial charge in [-0.05, 0) is 84.1 Å². The lowest BCUT2D eigenvalue weighted by molar-refractivity contribution is 0.117. The fourth-order valence-electron chi connectivity index (χ4n) is 3.55. The Kier molecular flexibility index (Phi) is 5.25. The Bertz CT molecular complexity index is 458. The van der Waals surface area contributed by atoms with E-state index in [4.69, 9.17) is 0 Å². The molecule has 1 saturated carbocycles. The van der Waals surface area contributed by atoms with Crippen LogP contribution in [0.2, 0.25) is 0 Å². The van der Waals surface area contributed by atoms with E-state index in [1.807, 2.05) is 19.2 Å². The number of rotatable bonds is 4. The molecule has 2 unspecified atom stereocenters. The smallest absolute Gasteiger partial charge is 0.137 e. The molecule has 0 spiro atoms. The molecule has 1 aliphatic rings. The van der Waals surface area contributed by atoms with Crippen molar-refractivity contribution in [1.82, 2.24) is 5.32 Å². The highest BCUT2D eigenvalue weighted by molar-refractivity contribution is 9.10. The second kappa shape index (κ2) is 6.57. The maximum Gasteiger partial charge on any atom is 0.137 e. The number of benzene rings is 1. The van der Waals surface area contributed by atoms with Crippen LogP contribution in [-0.4, -0.2) is 13.6 Å². The van der Waals surface area contributed by atoms with Crippen LogP contribution in [0.3, 0.4) is 0 Å². The minimum atomic E-state index is -0.150. The third-order valence-corrected chi connectivity index (χ3v) is 5.54. The van der Waals surface area contributed by atoms with Gasteiger partial charge >= 0.3 is 0 Å². The number of nitrogens with one attached hydrogen (secondary N) is 1. The molecule has 1 aromatic carbocycles. The number of hydrogen-bond donors (Lipinski definition) is 1. The molecule has 112 valence electrons. The summed E-state index contributed by atoms with van der Waals surface area (Å²) in [6.45, 7) is 5.78. The first kappa shape index (κ1) is 16.0. The molecular weight excluding hydrogens is 317 g/mol. The average Bonchev–Trinajstić information content (AvgIpc) is 2.38. The summed E-state index contributed by atoms with van der Waals surface area (Å²) in [6.07, 6.45) is 4.75. The highest BCUT2D eigenvalue weighted by atomic mass is 79.9. The van der Waals surface area contributed by atoms with Gasteiger partial charge in [0.15, 0.2) is 0 Å². The lowest BCUT2D eigenvalue weighted by atomic mass is 9.65. The molecule has 0 amide bonds. The van der Waals surface area contributed by atoms with Crippen molar-refractivity contribution < 1.29 is 4.39 Å². The highest BCUT2D eigenvalue weighted by Gasteiger charge is 2.34. The number of halogens is 2. The Morgan fingerprint density at radius 3 is 2.80 bits per heavy atom. The van der Waals surface area contributed by atoms with Gasteiger partial charge in [0.2, 0.25) is 0 Å². The van der Waals surface area contributed by atoms with E-state index in [2.05, 4.69) is 35.1 Å². The molecule has 1 aliphatic carbocycles. The Morgan fingerprint density at radius 2 is 2.10 bits per heavy atom. The summed E-state index contributed by atoms with van der Waals surface area (Å²) in [4.78, 5) is 0. The Morgan fingerprint density at radius 1 is 1.35 bits per heavy atom. The van der Waals surface area contributed by atoms with Gasteiger partial charge < -0.3 is 5.32 Å². The van der Waals surface area contributed by atoms with Crippen LogP contribution >= 0.6 is 15.9 Å². The van der Waals surface area contributed by atoms with Gasteiger partial charge in [-0.2, -0.15) is 0 Å². The molecule has 0 aliphatic heterocycles. The van der Waals surface area contributed by atoms with Crippen molar-refractivity contribution in [2.45, 2.75) is 39.5 Å². The van der Waals surface area contributed by atoms with Crippen LogP contribution in [-0.2, 0) is 6.42 Å². The lowest BCUT2D eigenvalue weighted by Gasteiger charge is -2.41. The second-order valence-electron chi connectivity index (χ2n) is 6.90. The molecule has 1 fully saturated rings. The zero-order valence-corrected chi connectivity index (χ0v) is 14.3. The van der Waals surface area contributed by atoms with Crippen LogP contribution in [0.4, 0.5) is 4.39 Å². The summed E-state index contributed by atoms with van der Waals surface area (Å²) < 4.78 is 14.3. The monoisotopic (exact) mass is 341 g/mol. The van der Waals surface area contributed by atoms with E-state index < -0.39 is 0 Å². The molecule has 2 atom stereocenters. The van der Waals surface area contributed by atoms with Crippen LogP contribution in [0.1, 0.15) is 38.7 Å². The summed E-state index contributed by atoms with van der Waals surface area (Å²) in [5, 5.41) is 3.32. The van der Waals surface area contributed by atoms with Gasteiger partial charge in [0.05, 0.1) is 4.47 Å². The normalized spacial score (nSPS) is 25.6. The van der Waals surface area contributed by atoms with Crippen molar-refractivity contribution in [3.8, 4) is 0 Å². The van der Waals surface area contributed by atoms with E-state index >= 15 is 0 Å². The average molecular weight is 342 g/mol. The van der Waals surface area contributed by atoms with Gasteiger partial charge in [0, 0.05) is 0 Å². The Labute approximate surface area is 130 Å². The maximum absolute atomic E-state index is 13.7. The summed E-state index contributed by atoms with van der Waals surface area (Å²) in [6, 6.07) is 5.38. The molecule has 0 radical (unpaired) electrons. The minimum absolute atomic E-state index is 0.150. The maximum atomic E-state index is 13.7. The highest BCUT2D eigenvalue weighted by Crippen LogP contribution is 2.43. The van der Waals surface area contributed by atoms with Crippen molar-refractivity contribution in [3.63, 3.8) is 0 Å². The molecular formula is C17H25BrFN. The van der Waals surface area contributed by atoms with Gasteiger partial charge in [0.1, 0.15) is 5.82 Å². The Balaban J connectivity index is 2.16. The molecule has 1 N–H and O–H groups in total. The van der Waals surface area contributed by atoms with Gasteiger partial charge in [-0.15, -0.1) is 0 Å². The summed E-state index contributed by atoms with van der Waals surface area (Å²) in [5.41, 5.74) is 1.52. The quantitative estimate of drug-likeness (QED) is 0.829. The van der Waals surface area contributed by atoms with Gasteiger partial charge in [0.25, 0.3) is 0 Å². The van der Waals surface area contributed by atoms with Crippen molar-refractivity contribution >= 4 is 15.9 Å². The van der Waals surface area contributed by atoms with E-state index in [0.29, 0.717) is 21.7 Å². The zero-order chi connectivity index (χ0) is 14.8. The van der Waals surface area contributed by atoms with E-state index in [-0.39, 0.29) is 5.82 Å². The molecule has 1 aromatic rings. The van der Waals surface area contributed by atoms with Crippen molar-refractivity contribution in [2.24, 2.45) is 17.3 Å². The first-order chi connectivity index (χ1) is 9.43. The van der Waals surface area contributed by atoms with Crippen LogP contribution in [0.25, 0.3) is 0 Å². The largest absolute Gasteiger partial charge is 0.319 e. The minimum Gasteiger partial charge on any atom is -0.319 e. The van der Waals surface area contributed by atoms with Gasteiger partial charge in [-0.3, -0.25) is 0 Å². The van der Waals surface area contributed by atoms with Gasteiger partial charge in [-0.25, -0.2) is 4.39 Å². The lowest BCUT2D eigenvalue weighted by Crippen LogP contribution is -2.36. The topological polar surface area (TPSA) is 12.0 Å². The van der Waals surface area contributed by atoms with Crippen molar-refractivity contribution in [2.75, 3.05) is 13.6 Å². The van der Waals surface area contributed by atoms with Crippen molar-refractivity contribution in [1.29, 1.82) is 0 Å². The fourth-order valence-corrected chi connectivity index (χ4v) is 3.97. The van der Waals surface area contributed by atoms with E-state index in [1.54, 1.807) is 0 Å². The summed E-state index contributed by atoms with van der Waals surface area (Å²) >= 11 is 3.40. The molecule has 20 heavy (non-hydrogen) atoms. The van der Waals surface area contributed by atoms with E-state index in [1.165, 1.54) is 25.3 Å². The molecule has 0 bridgehead atoms. The SMILES string of the molecule is CNCC1CCC(C)(C)CC1Cc1cccc(F)c1Br. The second-order valence-corrected chi connectivity index (χ2v) is 7.69. The third-order valence-electron chi connectivity index (χ3n) is 4.65. The van der Waals surface area contributed by atoms with Crippen LogP contribution in [0.5, 0.6) is 0 Å². The molecule has 3 heteroatoms. The van der Waals surface area contributed by atoms with Crippen molar-refractivity contribution in [3.05, 3.63) is 34.1 Å². The predicted octanol–water partition coefficient (Wildman–Crippen LogP) is 4.79. The van der Waals surface area contributed by atoms with Gasteiger partial charge in [-0.1, -0.05) is 26.0 Å². The third kappa shape index (κ3) is 3.82. The fraction of sp³-hybridized carbons (Fsp3) is 0.647.